The van der Waals surface area contributed by atoms with E-state index in [0.29, 0.717) is 6.42 Å². The molecule has 0 aromatic heterocycles. The largest absolute Gasteiger partial charge is 0.463 e. The fourth-order valence-electron chi connectivity index (χ4n) is 0.794. The van der Waals surface area contributed by atoms with Crippen LogP contribution in [-0.4, -0.2) is 12.1 Å². The average Bonchev–Trinajstić information content (AvgIpc) is 2.03. The van der Waals surface area contributed by atoms with Crippen LogP contribution in [0.25, 0.3) is 0 Å². The molecule has 0 rings (SSSR count). The highest BCUT2D eigenvalue weighted by molar-refractivity contribution is 5.70. The van der Waals surface area contributed by atoms with E-state index in [2.05, 4.69) is 6.58 Å². The van der Waals surface area contributed by atoms with E-state index in [1.807, 2.05) is 27.7 Å². The molecule has 2 nitrogen and oxygen atoms in total. The number of carbonyl (C=O) groups excluding carboxylic acids is 1. The predicted molar refractivity (Wildman–Crippen MR) is 54.4 cm³/mol. The first kappa shape index (κ1) is 12.2. The molecule has 0 aliphatic rings. The Labute approximate surface area is 81.0 Å². The van der Waals surface area contributed by atoms with Gasteiger partial charge in [-0.05, 0) is 18.8 Å². The fraction of sp³-hybridized carbons (Fsp3) is 0.727. The van der Waals surface area contributed by atoms with Crippen LogP contribution in [0.4, 0.5) is 0 Å². The van der Waals surface area contributed by atoms with E-state index in [-0.39, 0.29) is 17.5 Å². The van der Waals surface area contributed by atoms with Gasteiger partial charge in [0.2, 0.25) is 0 Å². The van der Waals surface area contributed by atoms with E-state index in [1.54, 1.807) is 6.08 Å². The van der Waals surface area contributed by atoms with Crippen LogP contribution in [0.5, 0.6) is 0 Å². The topological polar surface area (TPSA) is 26.3 Å². The van der Waals surface area contributed by atoms with Gasteiger partial charge < -0.3 is 4.74 Å². The van der Waals surface area contributed by atoms with Crippen LogP contribution < -0.4 is 0 Å². The van der Waals surface area contributed by atoms with Crippen LogP contribution in [0.1, 0.15) is 40.5 Å². The van der Waals surface area contributed by atoms with Crippen molar-refractivity contribution < 1.29 is 9.53 Å². The maximum Gasteiger partial charge on any atom is 0.306 e. The van der Waals surface area contributed by atoms with Gasteiger partial charge in [-0.15, -0.1) is 6.58 Å². The zero-order valence-electron chi connectivity index (χ0n) is 9.09. The van der Waals surface area contributed by atoms with Crippen LogP contribution >= 0.6 is 0 Å². The minimum absolute atomic E-state index is 0.0214. The van der Waals surface area contributed by atoms with Crippen LogP contribution in [0.15, 0.2) is 12.7 Å². The summed E-state index contributed by atoms with van der Waals surface area (Å²) in [4.78, 5) is 11.3. The van der Waals surface area contributed by atoms with Crippen LogP contribution in [-0.2, 0) is 9.53 Å². The van der Waals surface area contributed by atoms with Gasteiger partial charge >= 0.3 is 5.97 Å². The van der Waals surface area contributed by atoms with E-state index in [0.717, 1.165) is 6.42 Å². The number of rotatable bonds is 5. The van der Waals surface area contributed by atoms with E-state index in [1.165, 1.54) is 0 Å². The maximum absolute atomic E-state index is 11.3. The number of carbonyl (C=O) groups is 1. The average molecular weight is 184 g/mol. The summed E-state index contributed by atoms with van der Waals surface area (Å²) in [6.07, 6.45) is 3.07. The molecule has 0 saturated heterocycles. The van der Waals surface area contributed by atoms with Gasteiger partial charge in [0.25, 0.3) is 0 Å². The molecule has 1 atom stereocenters. The predicted octanol–water partition coefficient (Wildman–Crippen LogP) is 2.93. The summed E-state index contributed by atoms with van der Waals surface area (Å²) in [6.45, 7) is 11.5. The second-order valence-corrected chi connectivity index (χ2v) is 4.08. The van der Waals surface area contributed by atoms with Crippen molar-refractivity contribution in [3.63, 3.8) is 0 Å². The molecule has 1 unspecified atom stereocenters. The minimum Gasteiger partial charge on any atom is -0.463 e. The van der Waals surface area contributed by atoms with Crippen molar-refractivity contribution >= 4 is 5.97 Å². The third-order valence-corrected chi connectivity index (χ3v) is 2.06. The Kier molecular flexibility index (Phi) is 4.74. The summed E-state index contributed by atoms with van der Waals surface area (Å²) in [5.41, 5.74) is -0.162. The molecule has 0 aliphatic heterocycles. The quantitative estimate of drug-likeness (QED) is 0.485. The molecule has 0 amide bonds. The molecule has 0 fully saturated rings. The molecule has 0 N–H and O–H groups in total. The summed E-state index contributed by atoms with van der Waals surface area (Å²) in [5, 5.41) is 0. The van der Waals surface area contributed by atoms with Gasteiger partial charge in [-0.1, -0.05) is 26.8 Å². The summed E-state index contributed by atoms with van der Waals surface area (Å²) in [7, 11) is 0. The van der Waals surface area contributed by atoms with E-state index >= 15 is 0 Å². The summed E-state index contributed by atoms with van der Waals surface area (Å²) in [6, 6.07) is 0. The van der Waals surface area contributed by atoms with Gasteiger partial charge in [0.1, 0.15) is 0 Å². The zero-order valence-corrected chi connectivity index (χ0v) is 9.09. The summed E-state index contributed by atoms with van der Waals surface area (Å²) >= 11 is 0. The molecule has 0 spiro atoms. The van der Waals surface area contributed by atoms with Gasteiger partial charge in [0, 0.05) is 0 Å². The Morgan fingerprint density at radius 3 is 2.54 bits per heavy atom. The molecule has 0 bridgehead atoms. The second kappa shape index (κ2) is 5.05. The third kappa shape index (κ3) is 5.45. The number of allylic oxidation sites excluding steroid dienone is 1. The first-order valence-electron chi connectivity index (χ1n) is 4.74. The molecule has 0 aromatic carbocycles. The number of hydrogen-bond donors (Lipinski definition) is 0. The summed E-state index contributed by atoms with van der Waals surface area (Å²) < 4.78 is 5.15. The van der Waals surface area contributed by atoms with Crippen molar-refractivity contribution in [3.05, 3.63) is 12.7 Å². The molecule has 0 radical (unpaired) electrons. The molecule has 0 heterocycles. The zero-order chi connectivity index (χ0) is 10.5. The minimum atomic E-state index is -0.162. The Hall–Kier alpha value is -0.790. The molecule has 76 valence electrons. The lowest BCUT2D eigenvalue weighted by atomic mass is 9.90. The SMILES string of the molecule is C=CC(C)(C)CC(=O)OC(C)CC. The van der Waals surface area contributed by atoms with Crippen molar-refractivity contribution in [1.82, 2.24) is 0 Å². The first-order valence-corrected chi connectivity index (χ1v) is 4.74. The van der Waals surface area contributed by atoms with E-state index in [4.69, 9.17) is 4.74 Å². The lowest BCUT2D eigenvalue weighted by Crippen LogP contribution is -2.20. The highest BCUT2D eigenvalue weighted by Gasteiger charge is 2.20. The molecule has 2 heteroatoms. The number of hydrogen-bond acceptors (Lipinski definition) is 2. The Morgan fingerprint density at radius 1 is 1.62 bits per heavy atom. The molecule has 13 heavy (non-hydrogen) atoms. The van der Waals surface area contributed by atoms with Gasteiger partial charge in [-0.2, -0.15) is 0 Å². The van der Waals surface area contributed by atoms with Crippen LogP contribution in [0.3, 0.4) is 0 Å². The highest BCUT2D eigenvalue weighted by atomic mass is 16.5. The maximum atomic E-state index is 11.3. The standard InChI is InChI=1S/C11H20O2/c1-6-9(3)13-10(12)8-11(4,5)7-2/h7,9H,2,6,8H2,1,3-5H3. The van der Waals surface area contributed by atoms with Crippen molar-refractivity contribution in [1.29, 1.82) is 0 Å². The normalized spacial score (nSPS) is 13.5. The number of ether oxygens (including phenoxy) is 1. The van der Waals surface area contributed by atoms with Gasteiger partial charge in [0.15, 0.2) is 0 Å². The van der Waals surface area contributed by atoms with Gasteiger partial charge in [-0.3, -0.25) is 4.79 Å². The second-order valence-electron chi connectivity index (χ2n) is 4.08. The van der Waals surface area contributed by atoms with E-state index < -0.39 is 0 Å². The van der Waals surface area contributed by atoms with E-state index in [9.17, 15) is 4.79 Å². The molecule has 0 aliphatic carbocycles. The molecular weight excluding hydrogens is 164 g/mol. The van der Waals surface area contributed by atoms with Crippen LogP contribution in [0, 0.1) is 5.41 Å². The molecular formula is C11H20O2. The molecule has 0 saturated carbocycles. The van der Waals surface area contributed by atoms with Gasteiger partial charge in [0.05, 0.1) is 12.5 Å². The van der Waals surface area contributed by atoms with Crippen molar-refractivity contribution in [2.75, 3.05) is 0 Å². The first-order chi connectivity index (χ1) is 5.91. The Morgan fingerprint density at radius 2 is 2.15 bits per heavy atom. The smallest absolute Gasteiger partial charge is 0.306 e. The Balaban J connectivity index is 3.94. The summed E-state index contributed by atoms with van der Waals surface area (Å²) in [5.74, 6) is -0.140. The highest BCUT2D eigenvalue weighted by Crippen LogP contribution is 2.22. The lowest BCUT2D eigenvalue weighted by Gasteiger charge is -2.19. The van der Waals surface area contributed by atoms with Crippen molar-refractivity contribution in [2.24, 2.45) is 5.41 Å². The van der Waals surface area contributed by atoms with Crippen molar-refractivity contribution in [3.8, 4) is 0 Å². The lowest BCUT2D eigenvalue weighted by molar-refractivity contribution is -0.150. The Bertz CT molecular complexity index is 183. The molecule has 0 aromatic rings. The van der Waals surface area contributed by atoms with Crippen molar-refractivity contribution in [2.45, 2.75) is 46.6 Å². The monoisotopic (exact) mass is 184 g/mol. The number of esters is 1. The van der Waals surface area contributed by atoms with Crippen LogP contribution in [0.2, 0.25) is 0 Å². The third-order valence-electron chi connectivity index (χ3n) is 2.06. The van der Waals surface area contributed by atoms with Gasteiger partial charge in [-0.25, -0.2) is 0 Å². The fourth-order valence-corrected chi connectivity index (χ4v) is 0.794.